The predicted molar refractivity (Wildman–Crippen MR) is 56.2 cm³/mol. The molecule has 0 fully saturated rings. The molecule has 0 aliphatic heterocycles. The van der Waals surface area contributed by atoms with E-state index in [4.69, 9.17) is 0 Å². The second-order valence-electron chi connectivity index (χ2n) is 3.36. The van der Waals surface area contributed by atoms with E-state index in [9.17, 15) is 0 Å². The Morgan fingerprint density at radius 3 is 2.73 bits per heavy atom. The average Bonchev–Trinajstić information content (AvgIpc) is 2.83. The maximum Gasteiger partial charge on any atom is 0.202 e. The molecule has 0 unspecified atom stereocenters. The van der Waals surface area contributed by atoms with Crippen LogP contribution in [0.5, 0.6) is 0 Å². The lowest BCUT2D eigenvalue weighted by Crippen LogP contribution is -1.81. The van der Waals surface area contributed by atoms with E-state index in [0.29, 0.717) is 5.82 Å². The molecule has 74 valence electrons. The summed E-state index contributed by atoms with van der Waals surface area (Å²) >= 11 is 0. The summed E-state index contributed by atoms with van der Waals surface area (Å²) in [6.45, 7) is 1.87. The van der Waals surface area contributed by atoms with E-state index in [2.05, 4.69) is 25.4 Å². The van der Waals surface area contributed by atoms with Gasteiger partial charge in [-0.15, -0.1) is 0 Å². The van der Waals surface area contributed by atoms with Gasteiger partial charge in [0.1, 0.15) is 11.5 Å². The molecule has 5 heteroatoms. The molecule has 3 aromatic rings. The summed E-state index contributed by atoms with van der Waals surface area (Å²) in [5.74, 6) is 1.42. The zero-order chi connectivity index (χ0) is 10.3. The summed E-state index contributed by atoms with van der Waals surface area (Å²) in [6.07, 6.45) is 0. The minimum atomic E-state index is 0.630. The molecule has 2 N–H and O–H groups in total. The molecule has 0 saturated carbocycles. The minimum absolute atomic E-state index is 0.630. The fraction of sp³-hybridized carbons (Fsp3) is 0.100. The SMILES string of the molecule is Cc1nc(-c2n[nH]c3ccccc23)n[nH]1. The lowest BCUT2D eigenvalue weighted by molar-refractivity contribution is 1.03. The van der Waals surface area contributed by atoms with Crippen LogP contribution in [0.2, 0.25) is 0 Å². The first-order valence-corrected chi connectivity index (χ1v) is 4.67. The first kappa shape index (κ1) is 8.16. The van der Waals surface area contributed by atoms with Gasteiger partial charge in [0.05, 0.1) is 5.52 Å². The van der Waals surface area contributed by atoms with E-state index in [-0.39, 0.29) is 0 Å². The number of aromatic nitrogens is 5. The van der Waals surface area contributed by atoms with Crippen molar-refractivity contribution in [1.82, 2.24) is 25.4 Å². The Bertz CT molecular complexity index is 607. The number of hydrogen-bond donors (Lipinski definition) is 2. The van der Waals surface area contributed by atoms with Crippen LogP contribution in [-0.4, -0.2) is 25.4 Å². The van der Waals surface area contributed by atoms with Gasteiger partial charge in [0, 0.05) is 5.39 Å². The average molecular weight is 199 g/mol. The Hall–Kier alpha value is -2.17. The molecule has 3 rings (SSSR count). The zero-order valence-corrected chi connectivity index (χ0v) is 8.15. The van der Waals surface area contributed by atoms with Gasteiger partial charge in [0.15, 0.2) is 0 Å². The number of H-pyrrole nitrogens is 2. The highest BCUT2D eigenvalue weighted by Gasteiger charge is 2.10. The maximum atomic E-state index is 4.25. The van der Waals surface area contributed by atoms with Crippen LogP contribution in [0, 0.1) is 6.92 Å². The molecule has 1 aromatic carbocycles. The Labute approximate surface area is 85.5 Å². The van der Waals surface area contributed by atoms with Crippen molar-refractivity contribution < 1.29 is 0 Å². The van der Waals surface area contributed by atoms with Crippen molar-refractivity contribution in [3.8, 4) is 11.5 Å². The van der Waals surface area contributed by atoms with Crippen molar-refractivity contribution in [2.75, 3.05) is 0 Å². The molecular formula is C10H9N5. The Kier molecular flexibility index (Phi) is 1.58. The van der Waals surface area contributed by atoms with Gasteiger partial charge in [0.2, 0.25) is 5.82 Å². The zero-order valence-electron chi connectivity index (χ0n) is 8.15. The van der Waals surface area contributed by atoms with Crippen LogP contribution in [0.15, 0.2) is 24.3 Å². The van der Waals surface area contributed by atoms with Gasteiger partial charge in [-0.1, -0.05) is 18.2 Å². The maximum absolute atomic E-state index is 4.25. The van der Waals surface area contributed by atoms with E-state index >= 15 is 0 Å². The van der Waals surface area contributed by atoms with Crippen molar-refractivity contribution in [2.24, 2.45) is 0 Å². The molecule has 2 heterocycles. The topological polar surface area (TPSA) is 70.2 Å². The molecule has 5 nitrogen and oxygen atoms in total. The van der Waals surface area contributed by atoms with Crippen molar-refractivity contribution in [2.45, 2.75) is 6.92 Å². The van der Waals surface area contributed by atoms with Crippen LogP contribution in [0.3, 0.4) is 0 Å². The summed E-state index contributed by atoms with van der Waals surface area (Å²) in [4.78, 5) is 4.25. The van der Waals surface area contributed by atoms with Gasteiger partial charge >= 0.3 is 0 Å². The van der Waals surface area contributed by atoms with E-state index < -0.39 is 0 Å². The second-order valence-corrected chi connectivity index (χ2v) is 3.36. The number of para-hydroxylation sites is 1. The monoisotopic (exact) mass is 199 g/mol. The van der Waals surface area contributed by atoms with E-state index in [0.717, 1.165) is 22.4 Å². The third-order valence-electron chi connectivity index (χ3n) is 2.28. The van der Waals surface area contributed by atoms with Crippen molar-refractivity contribution >= 4 is 10.9 Å². The summed E-state index contributed by atoms with van der Waals surface area (Å²) in [5, 5.41) is 15.1. The Balaban J connectivity index is 2.27. The highest BCUT2D eigenvalue weighted by atomic mass is 15.2. The predicted octanol–water partition coefficient (Wildman–Crippen LogP) is 1.66. The number of fused-ring (bicyclic) bond motifs is 1. The number of aryl methyl sites for hydroxylation is 1. The molecule has 0 saturated heterocycles. The van der Waals surface area contributed by atoms with Crippen LogP contribution >= 0.6 is 0 Å². The van der Waals surface area contributed by atoms with Crippen molar-refractivity contribution in [3.63, 3.8) is 0 Å². The van der Waals surface area contributed by atoms with Crippen LogP contribution < -0.4 is 0 Å². The Morgan fingerprint density at radius 1 is 1.07 bits per heavy atom. The van der Waals surface area contributed by atoms with Crippen LogP contribution in [0.4, 0.5) is 0 Å². The smallest absolute Gasteiger partial charge is 0.202 e. The summed E-state index contributed by atoms with van der Waals surface area (Å²) in [7, 11) is 0. The first-order chi connectivity index (χ1) is 7.34. The van der Waals surface area contributed by atoms with Gasteiger partial charge in [-0.2, -0.15) is 10.2 Å². The highest BCUT2D eigenvalue weighted by Crippen LogP contribution is 2.22. The molecule has 0 bridgehead atoms. The van der Waals surface area contributed by atoms with E-state index in [1.54, 1.807) is 0 Å². The van der Waals surface area contributed by atoms with Crippen LogP contribution in [0.25, 0.3) is 22.4 Å². The summed E-state index contributed by atoms with van der Waals surface area (Å²) < 4.78 is 0. The van der Waals surface area contributed by atoms with E-state index in [1.165, 1.54) is 0 Å². The number of nitrogens with zero attached hydrogens (tertiary/aromatic N) is 3. The first-order valence-electron chi connectivity index (χ1n) is 4.67. The highest BCUT2D eigenvalue weighted by molar-refractivity contribution is 5.90. The lowest BCUT2D eigenvalue weighted by atomic mass is 10.2. The molecule has 15 heavy (non-hydrogen) atoms. The lowest BCUT2D eigenvalue weighted by Gasteiger charge is -1.88. The van der Waals surface area contributed by atoms with Crippen LogP contribution in [0.1, 0.15) is 5.82 Å². The fourth-order valence-electron chi connectivity index (χ4n) is 1.58. The van der Waals surface area contributed by atoms with Crippen molar-refractivity contribution in [3.05, 3.63) is 30.1 Å². The van der Waals surface area contributed by atoms with Gasteiger partial charge in [-0.25, -0.2) is 4.98 Å². The summed E-state index contributed by atoms with van der Waals surface area (Å²) in [6, 6.07) is 7.92. The quantitative estimate of drug-likeness (QED) is 0.626. The number of nitrogens with one attached hydrogen (secondary N) is 2. The fourth-order valence-corrected chi connectivity index (χ4v) is 1.58. The van der Waals surface area contributed by atoms with Crippen LogP contribution in [-0.2, 0) is 0 Å². The standard InChI is InChI=1S/C10H9N5/c1-6-11-10(15-12-6)9-7-4-2-3-5-8(7)13-14-9/h2-5H,1H3,(H,13,14)(H,11,12,15). The van der Waals surface area contributed by atoms with Crippen molar-refractivity contribution in [1.29, 1.82) is 0 Å². The van der Waals surface area contributed by atoms with Gasteiger partial charge in [-0.05, 0) is 13.0 Å². The van der Waals surface area contributed by atoms with Gasteiger partial charge < -0.3 is 0 Å². The summed E-state index contributed by atoms with van der Waals surface area (Å²) in [5.41, 5.74) is 1.78. The number of benzene rings is 1. The van der Waals surface area contributed by atoms with E-state index in [1.807, 2.05) is 31.2 Å². The normalized spacial score (nSPS) is 11.0. The van der Waals surface area contributed by atoms with Gasteiger partial charge in [-0.3, -0.25) is 10.2 Å². The second kappa shape index (κ2) is 2.91. The molecule has 0 atom stereocenters. The molecule has 0 radical (unpaired) electrons. The molecule has 2 aromatic heterocycles. The Morgan fingerprint density at radius 2 is 1.93 bits per heavy atom. The minimum Gasteiger partial charge on any atom is -0.277 e. The molecular weight excluding hydrogens is 190 g/mol. The number of aromatic amines is 2. The third-order valence-corrected chi connectivity index (χ3v) is 2.28. The molecule has 0 amide bonds. The number of rotatable bonds is 1. The number of hydrogen-bond acceptors (Lipinski definition) is 3. The molecule has 0 spiro atoms. The molecule has 0 aliphatic carbocycles. The van der Waals surface area contributed by atoms with Gasteiger partial charge in [0.25, 0.3) is 0 Å². The third kappa shape index (κ3) is 1.20. The largest absolute Gasteiger partial charge is 0.277 e. The molecule has 0 aliphatic rings.